The fraction of sp³-hybridized carbons (Fsp3) is 0.688. The van der Waals surface area contributed by atoms with Gasteiger partial charge in [-0.25, -0.2) is 4.98 Å². The van der Waals surface area contributed by atoms with Gasteiger partial charge in [0.15, 0.2) is 0 Å². The molecule has 108 valence electrons. The molecule has 0 radical (unpaired) electrons. The molecule has 3 nitrogen and oxygen atoms in total. The Hall–Kier alpha value is -1.09. The summed E-state index contributed by atoms with van der Waals surface area (Å²) in [7, 11) is 2.00. The maximum absolute atomic E-state index is 4.63. The summed E-state index contributed by atoms with van der Waals surface area (Å²) in [6.45, 7) is 11.1. The topological polar surface area (TPSA) is 28.2 Å². The van der Waals surface area contributed by atoms with E-state index in [0.717, 1.165) is 24.8 Å². The van der Waals surface area contributed by atoms with Gasteiger partial charge in [-0.05, 0) is 32.9 Å². The Morgan fingerprint density at radius 2 is 1.95 bits per heavy atom. The Balaban J connectivity index is 2.97. The van der Waals surface area contributed by atoms with Crippen LogP contribution in [0.4, 0.5) is 5.82 Å². The summed E-state index contributed by atoms with van der Waals surface area (Å²) < 4.78 is 0. The van der Waals surface area contributed by atoms with E-state index in [2.05, 4.69) is 49.0 Å². The van der Waals surface area contributed by atoms with Gasteiger partial charge in [-0.1, -0.05) is 32.8 Å². The third-order valence-electron chi connectivity index (χ3n) is 4.03. The van der Waals surface area contributed by atoms with E-state index in [0.29, 0.717) is 6.04 Å². The minimum absolute atomic E-state index is 0.333. The zero-order valence-corrected chi connectivity index (χ0v) is 13.1. The van der Waals surface area contributed by atoms with Crippen LogP contribution in [0, 0.1) is 5.92 Å². The van der Waals surface area contributed by atoms with Crippen LogP contribution in [0.2, 0.25) is 0 Å². The maximum atomic E-state index is 4.63. The number of nitrogens with one attached hydrogen (secondary N) is 1. The summed E-state index contributed by atoms with van der Waals surface area (Å²) in [5.74, 6) is 1.89. The first kappa shape index (κ1) is 16.0. The van der Waals surface area contributed by atoms with Gasteiger partial charge in [-0.15, -0.1) is 0 Å². The van der Waals surface area contributed by atoms with Crippen LogP contribution in [-0.2, 0) is 0 Å². The highest BCUT2D eigenvalue weighted by molar-refractivity contribution is 5.48. The molecule has 0 amide bonds. The SMILES string of the molecule is CCC(CC)CN(CC)c1ncccc1C(C)NC. The van der Waals surface area contributed by atoms with Crippen LogP contribution in [0.25, 0.3) is 0 Å². The number of hydrogen-bond acceptors (Lipinski definition) is 3. The smallest absolute Gasteiger partial charge is 0.133 e. The predicted octanol–water partition coefficient (Wildman–Crippen LogP) is 3.62. The summed E-state index contributed by atoms with van der Waals surface area (Å²) in [5, 5.41) is 3.32. The zero-order valence-electron chi connectivity index (χ0n) is 13.1. The van der Waals surface area contributed by atoms with E-state index >= 15 is 0 Å². The van der Waals surface area contributed by atoms with Crippen molar-refractivity contribution < 1.29 is 0 Å². The van der Waals surface area contributed by atoms with Crippen molar-refractivity contribution in [1.29, 1.82) is 0 Å². The van der Waals surface area contributed by atoms with Crippen LogP contribution in [-0.4, -0.2) is 25.1 Å². The second-order valence-corrected chi connectivity index (χ2v) is 5.15. The Bertz CT molecular complexity index is 361. The lowest BCUT2D eigenvalue weighted by atomic mass is 10.0. The van der Waals surface area contributed by atoms with Crippen molar-refractivity contribution in [3.8, 4) is 0 Å². The van der Waals surface area contributed by atoms with E-state index < -0.39 is 0 Å². The van der Waals surface area contributed by atoms with Gasteiger partial charge in [-0.2, -0.15) is 0 Å². The molecule has 19 heavy (non-hydrogen) atoms. The minimum atomic E-state index is 0.333. The lowest BCUT2D eigenvalue weighted by molar-refractivity contribution is 0.483. The number of hydrogen-bond donors (Lipinski definition) is 1. The quantitative estimate of drug-likeness (QED) is 0.776. The van der Waals surface area contributed by atoms with E-state index in [9.17, 15) is 0 Å². The highest BCUT2D eigenvalue weighted by atomic mass is 15.2. The predicted molar refractivity (Wildman–Crippen MR) is 83.7 cm³/mol. The average Bonchev–Trinajstić information content (AvgIpc) is 2.48. The summed E-state index contributed by atoms with van der Waals surface area (Å²) in [4.78, 5) is 7.04. The van der Waals surface area contributed by atoms with Gasteiger partial charge in [0.25, 0.3) is 0 Å². The van der Waals surface area contributed by atoms with Gasteiger partial charge in [-0.3, -0.25) is 0 Å². The first-order valence-corrected chi connectivity index (χ1v) is 7.54. The standard InChI is InChI=1S/C16H29N3/c1-6-14(7-2)12-19(8-3)16-15(13(4)17-5)10-9-11-18-16/h9-11,13-14,17H,6-8,12H2,1-5H3. The normalized spacial score (nSPS) is 12.7. The molecule has 3 heteroatoms. The summed E-state index contributed by atoms with van der Waals surface area (Å²) in [5.41, 5.74) is 1.29. The van der Waals surface area contributed by atoms with Gasteiger partial charge in [0.1, 0.15) is 5.82 Å². The van der Waals surface area contributed by atoms with Crippen molar-refractivity contribution in [3.63, 3.8) is 0 Å². The molecule has 1 N–H and O–H groups in total. The highest BCUT2D eigenvalue weighted by Gasteiger charge is 2.17. The van der Waals surface area contributed by atoms with E-state index in [1.54, 1.807) is 0 Å². The zero-order chi connectivity index (χ0) is 14.3. The summed E-state index contributed by atoms with van der Waals surface area (Å²) in [6, 6.07) is 4.54. The lowest BCUT2D eigenvalue weighted by Crippen LogP contribution is -2.31. The average molecular weight is 263 g/mol. The van der Waals surface area contributed by atoms with Crippen LogP contribution in [0.1, 0.15) is 52.1 Å². The lowest BCUT2D eigenvalue weighted by Gasteiger charge is -2.29. The molecule has 0 aromatic carbocycles. The highest BCUT2D eigenvalue weighted by Crippen LogP contribution is 2.25. The fourth-order valence-electron chi connectivity index (χ4n) is 2.39. The van der Waals surface area contributed by atoms with Crippen molar-refractivity contribution in [2.75, 3.05) is 25.0 Å². The molecule has 1 aromatic heterocycles. The Morgan fingerprint density at radius 1 is 1.26 bits per heavy atom. The van der Waals surface area contributed by atoms with E-state index in [-0.39, 0.29) is 0 Å². The number of rotatable bonds is 8. The fourth-order valence-corrected chi connectivity index (χ4v) is 2.39. The van der Waals surface area contributed by atoms with Crippen molar-refractivity contribution in [1.82, 2.24) is 10.3 Å². The summed E-state index contributed by atoms with van der Waals surface area (Å²) >= 11 is 0. The second-order valence-electron chi connectivity index (χ2n) is 5.15. The number of aromatic nitrogens is 1. The first-order chi connectivity index (χ1) is 9.17. The van der Waals surface area contributed by atoms with Gasteiger partial charge < -0.3 is 10.2 Å². The van der Waals surface area contributed by atoms with Crippen LogP contribution < -0.4 is 10.2 Å². The molecular formula is C16H29N3. The van der Waals surface area contributed by atoms with Gasteiger partial charge in [0.05, 0.1) is 0 Å². The number of anilines is 1. The molecule has 0 spiro atoms. The summed E-state index contributed by atoms with van der Waals surface area (Å²) in [6.07, 6.45) is 4.37. The van der Waals surface area contributed by atoms with Gasteiger partial charge in [0, 0.05) is 30.9 Å². The Kier molecular flexibility index (Phi) is 6.85. The second kappa shape index (κ2) is 8.16. The number of nitrogens with zero attached hydrogens (tertiary/aromatic N) is 2. The maximum Gasteiger partial charge on any atom is 0.133 e. The molecule has 0 bridgehead atoms. The number of pyridine rings is 1. The molecule has 0 saturated heterocycles. The van der Waals surface area contributed by atoms with Gasteiger partial charge >= 0.3 is 0 Å². The molecule has 1 heterocycles. The van der Waals surface area contributed by atoms with Crippen molar-refractivity contribution in [3.05, 3.63) is 23.9 Å². The van der Waals surface area contributed by atoms with Crippen molar-refractivity contribution >= 4 is 5.82 Å². The Labute approximate surface area is 118 Å². The van der Waals surface area contributed by atoms with Crippen LogP contribution >= 0.6 is 0 Å². The molecule has 1 unspecified atom stereocenters. The van der Waals surface area contributed by atoms with Crippen molar-refractivity contribution in [2.45, 2.75) is 46.6 Å². The van der Waals surface area contributed by atoms with E-state index in [4.69, 9.17) is 0 Å². The molecule has 0 aliphatic carbocycles. The molecule has 1 atom stereocenters. The largest absolute Gasteiger partial charge is 0.356 e. The third-order valence-corrected chi connectivity index (χ3v) is 4.03. The molecular weight excluding hydrogens is 234 g/mol. The first-order valence-electron chi connectivity index (χ1n) is 7.54. The monoisotopic (exact) mass is 263 g/mol. The van der Waals surface area contributed by atoms with Crippen LogP contribution in [0.3, 0.4) is 0 Å². The van der Waals surface area contributed by atoms with Crippen LogP contribution in [0.15, 0.2) is 18.3 Å². The third kappa shape index (κ3) is 4.20. The molecule has 0 saturated carbocycles. The molecule has 0 fully saturated rings. The van der Waals surface area contributed by atoms with Crippen LogP contribution in [0.5, 0.6) is 0 Å². The Morgan fingerprint density at radius 3 is 2.47 bits per heavy atom. The molecule has 1 rings (SSSR count). The van der Waals surface area contributed by atoms with E-state index in [1.807, 2.05) is 19.3 Å². The van der Waals surface area contributed by atoms with Gasteiger partial charge in [0.2, 0.25) is 0 Å². The van der Waals surface area contributed by atoms with Crippen molar-refractivity contribution in [2.24, 2.45) is 5.92 Å². The molecule has 1 aromatic rings. The molecule has 0 aliphatic heterocycles. The van der Waals surface area contributed by atoms with E-state index in [1.165, 1.54) is 18.4 Å². The minimum Gasteiger partial charge on any atom is -0.356 e. The molecule has 0 aliphatic rings.